The lowest BCUT2D eigenvalue weighted by atomic mass is 10.2. The number of ether oxygens (including phenoxy) is 1. The maximum atomic E-state index is 9.79. The third-order valence-electron chi connectivity index (χ3n) is 2.70. The van der Waals surface area contributed by atoms with E-state index in [9.17, 15) is 5.11 Å². The van der Waals surface area contributed by atoms with Gasteiger partial charge in [0.05, 0.1) is 0 Å². The molecule has 0 unspecified atom stereocenters. The van der Waals surface area contributed by atoms with Gasteiger partial charge in [-0.3, -0.25) is 4.99 Å². The van der Waals surface area contributed by atoms with Gasteiger partial charge in [-0.05, 0) is 24.6 Å². The molecule has 0 atom stereocenters. The lowest BCUT2D eigenvalue weighted by Crippen LogP contribution is -1.95. The topological polar surface area (TPSA) is 41.8 Å². The SMILES string of the molecule is CC(CBr)=Nc1cc(OCc2ccccc2)ccc1O. The van der Waals surface area contributed by atoms with Crippen LogP contribution < -0.4 is 4.74 Å². The summed E-state index contributed by atoms with van der Waals surface area (Å²) in [7, 11) is 0. The van der Waals surface area contributed by atoms with Crippen LogP contribution in [0.2, 0.25) is 0 Å². The summed E-state index contributed by atoms with van der Waals surface area (Å²) in [5.74, 6) is 0.838. The van der Waals surface area contributed by atoms with Crippen LogP contribution in [0.25, 0.3) is 0 Å². The summed E-state index contributed by atoms with van der Waals surface area (Å²) < 4.78 is 5.71. The molecule has 4 heteroatoms. The minimum atomic E-state index is 0.150. The van der Waals surface area contributed by atoms with Crippen molar-refractivity contribution < 1.29 is 9.84 Å². The molecule has 2 rings (SSSR count). The van der Waals surface area contributed by atoms with Crippen molar-refractivity contribution in [1.29, 1.82) is 0 Å². The molecule has 0 aliphatic heterocycles. The third-order valence-corrected chi connectivity index (χ3v) is 3.51. The first kappa shape index (κ1) is 14.6. The molecule has 0 amide bonds. The molecule has 0 fully saturated rings. The highest BCUT2D eigenvalue weighted by atomic mass is 79.9. The zero-order valence-corrected chi connectivity index (χ0v) is 12.8. The second kappa shape index (κ2) is 7.10. The first-order chi connectivity index (χ1) is 9.69. The number of rotatable bonds is 5. The summed E-state index contributed by atoms with van der Waals surface area (Å²) in [5, 5.41) is 10.5. The molecule has 0 saturated carbocycles. The fourth-order valence-corrected chi connectivity index (χ4v) is 1.78. The number of hydrogen-bond donors (Lipinski definition) is 1. The quantitative estimate of drug-likeness (QED) is 0.648. The van der Waals surface area contributed by atoms with Gasteiger partial charge in [-0.25, -0.2) is 0 Å². The maximum absolute atomic E-state index is 9.79. The van der Waals surface area contributed by atoms with Gasteiger partial charge in [0, 0.05) is 17.1 Å². The smallest absolute Gasteiger partial charge is 0.141 e. The Morgan fingerprint density at radius 2 is 1.95 bits per heavy atom. The Hall–Kier alpha value is -1.81. The molecule has 0 heterocycles. The first-order valence-electron chi connectivity index (χ1n) is 6.29. The number of phenolic OH excluding ortho intramolecular Hbond substituents is 1. The molecular weight excluding hydrogens is 318 g/mol. The van der Waals surface area contributed by atoms with Gasteiger partial charge in [0.25, 0.3) is 0 Å². The van der Waals surface area contributed by atoms with Crippen molar-refractivity contribution in [2.24, 2.45) is 4.99 Å². The van der Waals surface area contributed by atoms with Gasteiger partial charge in [-0.15, -0.1) is 0 Å². The molecule has 1 N–H and O–H groups in total. The van der Waals surface area contributed by atoms with Gasteiger partial charge in [0.1, 0.15) is 23.8 Å². The summed E-state index contributed by atoms with van der Waals surface area (Å²) in [6.45, 7) is 2.39. The van der Waals surface area contributed by atoms with Crippen LogP contribution in [-0.2, 0) is 6.61 Å². The van der Waals surface area contributed by atoms with E-state index in [1.165, 1.54) is 0 Å². The Labute approximate surface area is 127 Å². The Morgan fingerprint density at radius 1 is 1.20 bits per heavy atom. The van der Waals surface area contributed by atoms with E-state index in [1.54, 1.807) is 18.2 Å². The van der Waals surface area contributed by atoms with Crippen molar-refractivity contribution in [2.45, 2.75) is 13.5 Å². The van der Waals surface area contributed by atoms with E-state index in [4.69, 9.17) is 4.74 Å². The van der Waals surface area contributed by atoms with Crippen molar-refractivity contribution in [1.82, 2.24) is 0 Å². The fourth-order valence-electron chi connectivity index (χ4n) is 1.66. The zero-order chi connectivity index (χ0) is 14.4. The summed E-state index contributed by atoms with van der Waals surface area (Å²) in [6, 6.07) is 15.0. The van der Waals surface area contributed by atoms with Gasteiger partial charge in [-0.1, -0.05) is 46.3 Å². The number of aromatic hydroxyl groups is 1. The molecule has 0 aromatic heterocycles. The van der Waals surface area contributed by atoms with Crippen LogP contribution in [0.5, 0.6) is 11.5 Å². The van der Waals surface area contributed by atoms with Crippen molar-refractivity contribution in [2.75, 3.05) is 5.33 Å². The van der Waals surface area contributed by atoms with Crippen LogP contribution in [0.4, 0.5) is 5.69 Å². The van der Waals surface area contributed by atoms with Gasteiger partial charge in [0.15, 0.2) is 0 Å². The third kappa shape index (κ3) is 4.10. The molecule has 0 saturated heterocycles. The van der Waals surface area contributed by atoms with E-state index in [-0.39, 0.29) is 5.75 Å². The molecule has 20 heavy (non-hydrogen) atoms. The van der Waals surface area contributed by atoms with Crippen molar-refractivity contribution in [3.8, 4) is 11.5 Å². The van der Waals surface area contributed by atoms with Crippen molar-refractivity contribution in [3.63, 3.8) is 0 Å². The van der Waals surface area contributed by atoms with Crippen molar-refractivity contribution in [3.05, 3.63) is 54.1 Å². The average molecular weight is 334 g/mol. The maximum Gasteiger partial charge on any atom is 0.141 e. The zero-order valence-electron chi connectivity index (χ0n) is 11.2. The molecule has 0 spiro atoms. The second-order valence-corrected chi connectivity index (χ2v) is 4.97. The number of aliphatic imine (C=N–C) groups is 1. The highest BCUT2D eigenvalue weighted by Crippen LogP contribution is 2.31. The van der Waals surface area contributed by atoms with Crippen LogP contribution in [-0.4, -0.2) is 16.1 Å². The second-order valence-electron chi connectivity index (χ2n) is 4.41. The van der Waals surface area contributed by atoms with E-state index >= 15 is 0 Å². The normalized spacial score (nSPS) is 11.4. The molecule has 2 aromatic carbocycles. The molecular formula is C16H16BrNO2. The van der Waals surface area contributed by atoms with Crippen molar-refractivity contribution >= 4 is 27.3 Å². The Balaban J connectivity index is 2.11. The molecule has 2 aromatic rings. The first-order valence-corrected chi connectivity index (χ1v) is 7.41. The minimum Gasteiger partial charge on any atom is -0.506 e. The number of hydrogen-bond acceptors (Lipinski definition) is 3. The molecule has 0 aliphatic rings. The standard InChI is InChI=1S/C16H16BrNO2/c1-12(10-17)18-15-9-14(7-8-16(15)19)20-11-13-5-3-2-4-6-13/h2-9,19H,10-11H2,1H3. The molecule has 0 aliphatic carbocycles. The Morgan fingerprint density at radius 3 is 2.65 bits per heavy atom. The van der Waals surface area contributed by atoms with E-state index < -0.39 is 0 Å². The monoisotopic (exact) mass is 333 g/mol. The van der Waals surface area contributed by atoms with Gasteiger partial charge in [-0.2, -0.15) is 0 Å². The van der Waals surface area contributed by atoms with Crippen LogP contribution in [0.3, 0.4) is 0 Å². The van der Waals surface area contributed by atoms with Gasteiger partial charge < -0.3 is 9.84 Å². The molecule has 3 nitrogen and oxygen atoms in total. The summed E-state index contributed by atoms with van der Waals surface area (Å²) in [4.78, 5) is 4.33. The Bertz CT molecular complexity index is 597. The fraction of sp³-hybridized carbons (Fsp3) is 0.188. The lowest BCUT2D eigenvalue weighted by molar-refractivity contribution is 0.306. The molecule has 0 bridgehead atoms. The van der Waals surface area contributed by atoms with E-state index in [0.717, 1.165) is 11.3 Å². The van der Waals surface area contributed by atoms with E-state index in [2.05, 4.69) is 20.9 Å². The molecule has 104 valence electrons. The lowest BCUT2D eigenvalue weighted by Gasteiger charge is -2.08. The van der Waals surface area contributed by atoms with Crippen LogP contribution in [0, 0.1) is 0 Å². The number of benzene rings is 2. The molecule has 0 radical (unpaired) electrons. The number of phenols is 1. The highest BCUT2D eigenvalue weighted by Gasteiger charge is 2.03. The van der Waals surface area contributed by atoms with E-state index in [1.807, 2.05) is 37.3 Å². The highest BCUT2D eigenvalue weighted by molar-refractivity contribution is 9.09. The number of halogens is 1. The predicted octanol–water partition coefficient (Wildman–Crippen LogP) is 4.46. The van der Waals surface area contributed by atoms with Crippen LogP contribution >= 0.6 is 15.9 Å². The summed E-state index contributed by atoms with van der Waals surface area (Å²) in [6.07, 6.45) is 0. The van der Waals surface area contributed by atoms with Gasteiger partial charge in [0.2, 0.25) is 0 Å². The average Bonchev–Trinajstić information content (AvgIpc) is 2.49. The predicted molar refractivity (Wildman–Crippen MR) is 85.4 cm³/mol. The Kier molecular flexibility index (Phi) is 5.18. The number of nitrogens with zero attached hydrogens (tertiary/aromatic N) is 1. The van der Waals surface area contributed by atoms with Gasteiger partial charge >= 0.3 is 0 Å². The van der Waals surface area contributed by atoms with E-state index in [0.29, 0.717) is 23.4 Å². The summed E-state index contributed by atoms with van der Waals surface area (Å²) in [5.41, 5.74) is 2.51. The van der Waals surface area contributed by atoms with Crippen LogP contribution in [0.15, 0.2) is 53.5 Å². The minimum absolute atomic E-state index is 0.150. The summed E-state index contributed by atoms with van der Waals surface area (Å²) >= 11 is 3.33. The largest absolute Gasteiger partial charge is 0.506 e. The van der Waals surface area contributed by atoms with Crippen LogP contribution in [0.1, 0.15) is 12.5 Å². The number of alkyl halides is 1.